The maximum atomic E-state index is 5.93. The summed E-state index contributed by atoms with van der Waals surface area (Å²) in [6.45, 7) is 2.01. The molecule has 0 bridgehead atoms. The first-order chi connectivity index (χ1) is 9.68. The molecule has 0 aliphatic heterocycles. The molecule has 1 fully saturated rings. The van der Waals surface area contributed by atoms with E-state index in [1.807, 2.05) is 0 Å². The van der Waals surface area contributed by atoms with Gasteiger partial charge in [-0.25, -0.2) is 9.97 Å². The zero-order valence-corrected chi connectivity index (χ0v) is 14.3. The van der Waals surface area contributed by atoms with Gasteiger partial charge in [0, 0.05) is 12.6 Å². The van der Waals surface area contributed by atoms with Crippen LogP contribution in [0.5, 0.6) is 0 Å². The molecule has 0 atom stereocenters. The molecule has 0 radical (unpaired) electrons. The van der Waals surface area contributed by atoms with Crippen LogP contribution in [0.2, 0.25) is 5.15 Å². The highest BCUT2D eigenvalue weighted by Crippen LogP contribution is 2.26. The lowest BCUT2D eigenvalue weighted by Crippen LogP contribution is -2.34. The Balaban J connectivity index is 1.69. The third kappa shape index (κ3) is 4.57. The van der Waals surface area contributed by atoms with Gasteiger partial charge in [-0.1, -0.05) is 30.9 Å². The molecule has 0 saturated heterocycles. The normalized spacial score (nSPS) is 16.6. The summed E-state index contributed by atoms with van der Waals surface area (Å²) < 4.78 is 0.738. The second-order valence-electron chi connectivity index (χ2n) is 5.38. The first kappa shape index (κ1) is 16.0. The van der Waals surface area contributed by atoms with Crippen molar-refractivity contribution < 1.29 is 0 Å². The number of nitrogens with one attached hydrogen (secondary N) is 1. The average molecular weight is 362 g/mol. The van der Waals surface area contributed by atoms with E-state index in [2.05, 4.69) is 43.2 Å². The Morgan fingerprint density at radius 3 is 2.85 bits per heavy atom. The molecular formula is C14H22BrClN4. The van der Waals surface area contributed by atoms with E-state index in [-0.39, 0.29) is 0 Å². The summed E-state index contributed by atoms with van der Waals surface area (Å²) >= 11 is 9.33. The van der Waals surface area contributed by atoms with Gasteiger partial charge in [0.1, 0.15) is 17.3 Å². The average Bonchev–Trinajstić information content (AvgIpc) is 2.48. The lowest BCUT2D eigenvalue weighted by molar-refractivity contribution is 0.191. The molecule has 1 N–H and O–H groups in total. The van der Waals surface area contributed by atoms with E-state index < -0.39 is 0 Å². The SMILES string of the molecule is CN(CCCNc1ncnc(Cl)c1Br)C1CCCCC1. The van der Waals surface area contributed by atoms with Crippen molar-refractivity contribution in [1.82, 2.24) is 14.9 Å². The number of halogens is 2. The number of hydrogen-bond donors (Lipinski definition) is 1. The van der Waals surface area contributed by atoms with Crippen molar-refractivity contribution >= 4 is 33.3 Å². The molecule has 0 unspecified atom stereocenters. The molecule has 1 aromatic heterocycles. The van der Waals surface area contributed by atoms with Crippen LogP contribution in [-0.4, -0.2) is 41.0 Å². The maximum absolute atomic E-state index is 5.93. The monoisotopic (exact) mass is 360 g/mol. The Bertz CT molecular complexity index is 424. The van der Waals surface area contributed by atoms with Crippen LogP contribution in [0.3, 0.4) is 0 Å². The minimum Gasteiger partial charge on any atom is -0.369 e. The van der Waals surface area contributed by atoms with Crippen LogP contribution in [0, 0.1) is 0 Å². The van der Waals surface area contributed by atoms with Crippen molar-refractivity contribution in [2.24, 2.45) is 0 Å². The van der Waals surface area contributed by atoms with Crippen molar-refractivity contribution in [3.05, 3.63) is 16.0 Å². The lowest BCUT2D eigenvalue weighted by atomic mass is 9.94. The highest BCUT2D eigenvalue weighted by molar-refractivity contribution is 9.10. The van der Waals surface area contributed by atoms with Crippen molar-refractivity contribution in [1.29, 1.82) is 0 Å². The summed E-state index contributed by atoms with van der Waals surface area (Å²) in [5, 5.41) is 3.75. The first-order valence-electron chi connectivity index (χ1n) is 7.28. The third-order valence-electron chi connectivity index (χ3n) is 3.93. The molecule has 6 heteroatoms. The smallest absolute Gasteiger partial charge is 0.148 e. The van der Waals surface area contributed by atoms with E-state index in [1.165, 1.54) is 38.4 Å². The number of aromatic nitrogens is 2. The summed E-state index contributed by atoms with van der Waals surface area (Å²) in [5.74, 6) is 0.769. The molecule has 20 heavy (non-hydrogen) atoms. The third-order valence-corrected chi connectivity index (χ3v) is 5.19. The fraction of sp³-hybridized carbons (Fsp3) is 0.714. The molecule has 0 aromatic carbocycles. The fourth-order valence-corrected chi connectivity index (χ4v) is 3.19. The Labute approximate surface area is 134 Å². The molecule has 4 nitrogen and oxygen atoms in total. The van der Waals surface area contributed by atoms with Gasteiger partial charge in [0.05, 0.1) is 4.47 Å². The highest BCUT2D eigenvalue weighted by Gasteiger charge is 2.17. The van der Waals surface area contributed by atoms with Gasteiger partial charge < -0.3 is 10.2 Å². The van der Waals surface area contributed by atoms with E-state index in [0.29, 0.717) is 5.15 Å². The van der Waals surface area contributed by atoms with Gasteiger partial charge in [-0.2, -0.15) is 0 Å². The van der Waals surface area contributed by atoms with E-state index >= 15 is 0 Å². The van der Waals surface area contributed by atoms with Crippen molar-refractivity contribution in [2.45, 2.75) is 44.6 Å². The van der Waals surface area contributed by atoms with Crippen LogP contribution in [0.15, 0.2) is 10.8 Å². The first-order valence-corrected chi connectivity index (χ1v) is 8.45. The molecule has 1 aliphatic rings. The van der Waals surface area contributed by atoms with Crippen molar-refractivity contribution in [3.8, 4) is 0 Å². The van der Waals surface area contributed by atoms with Gasteiger partial charge in [0.25, 0.3) is 0 Å². The van der Waals surface area contributed by atoms with Gasteiger partial charge in [0.2, 0.25) is 0 Å². The minimum absolute atomic E-state index is 0.446. The molecule has 0 amide bonds. The van der Waals surface area contributed by atoms with Crippen LogP contribution < -0.4 is 5.32 Å². The predicted octanol–water partition coefficient (Wildman–Crippen LogP) is 3.96. The van der Waals surface area contributed by atoms with E-state index in [1.54, 1.807) is 0 Å². The number of rotatable bonds is 6. The second-order valence-corrected chi connectivity index (χ2v) is 6.53. The quantitative estimate of drug-likeness (QED) is 0.615. The number of anilines is 1. The number of hydrogen-bond acceptors (Lipinski definition) is 4. The van der Waals surface area contributed by atoms with Gasteiger partial charge in [0.15, 0.2) is 0 Å². The molecule has 0 spiro atoms. The van der Waals surface area contributed by atoms with Crippen LogP contribution >= 0.6 is 27.5 Å². The lowest BCUT2D eigenvalue weighted by Gasteiger charge is -2.31. The van der Waals surface area contributed by atoms with E-state index in [0.717, 1.165) is 35.8 Å². The Kier molecular flexibility index (Phi) is 6.52. The zero-order chi connectivity index (χ0) is 14.4. The topological polar surface area (TPSA) is 41.0 Å². The van der Waals surface area contributed by atoms with Gasteiger partial charge >= 0.3 is 0 Å². The molecule has 2 rings (SSSR count). The Hall–Kier alpha value is -0.390. The summed E-state index contributed by atoms with van der Waals surface area (Å²) in [6.07, 6.45) is 9.48. The van der Waals surface area contributed by atoms with Gasteiger partial charge in [-0.3, -0.25) is 0 Å². The molecule has 1 aliphatic carbocycles. The second kappa shape index (κ2) is 8.15. The Morgan fingerprint density at radius 1 is 1.35 bits per heavy atom. The van der Waals surface area contributed by atoms with E-state index in [4.69, 9.17) is 11.6 Å². The Morgan fingerprint density at radius 2 is 2.10 bits per heavy atom. The molecule has 1 aromatic rings. The van der Waals surface area contributed by atoms with E-state index in [9.17, 15) is 0 Å². The standard InChI is InChI=1S/C14H22BrClN4/c1-20(11-6-3-2-4-7-11)9-5-8-17-14-12(15)13(16)18-10-19-14/h10-11H,2-9H2,1H3,(H,17,18,19). The molecule has 1 heterocycles. The summed E-state index contributed by atoms with van der Waals surface area (Å²) in [7, 11) is 2.24. The molecule has 112 valence electrons. The predicted molar refractivity (Wildman–Crippen MR) is 87.4 cm³/mol. The van der Waals surface area contributed by atoms with Crippen LogP contribution in [-0.2, 0) is 0 Å². The van der Waals surface area contributed by atoms with Crippen molar-refractivity contribution in [2.75, 3.05) is 25.5 Å². The largest absolute Gasteiger partial charge is 0.369 e. The van der Waals surface area contributed by atoms with Crippen LogP contribution in [0.1, 0.15) is 38.5 Å². The maximum Gasteiger partial charge on any atom is 0.148 e. The molecular weight excluding hydrogens is 340 g/mol. The molecule has 1 saturated carbocycles. The van der Waals surface area contributed by atoms with Crippen LogP contribution in [0.25, 0.3) is 0 Å². The van der Waals surface area contributed by atoms with Crippen molar-refractivity contribution in [3.63, 3.8) is 0 Å². The summed E-state index contributed by atoms with van der Waals surface area (Å²) in [5.41, 5.74) is 0. The highest BCUT2D eigenvalue weighted by atomic mass is 79.9. The van der Waals surface area contributed by atoms with Gasteiger partial charge in [-0.15, -0.1) is 0 Å². The summed E-state index contributed by atoms with van der Waals surface area (Å²) in [6, 6.07) is 0.781. The number of nitrogens with zero attached hydrogens (tertiary/aromatic N) is 3. The van der Waals surface area contributed by atoms with Crippen LogP contribution in [0.4, 0.5) is 5.82 Å². The zero-order valence-electron chi connectivity index (χ0n) is 11.9. The van der Waals surface area contributed by atoms with Gasteiger partial charge in [-0.05, 0) is 48.8 Å². The fourth-order valence-electron chi connectivity index (χ4n) is 2.71. The summed E-state index contributed by atoms with van der Waals surface area (Å²) in [4.78, 5) is 10.6. The minimum atomic E-state index is 0.446.